The lowest BCUT2D eigenvalue weighted by atomic mass is 9.94. The molecule has 0 aliphatic carbocycles. The number of esters is 1. The van der Waals surface area contributed by atoms with Crippen LogP contribution in [0.4, 0.5) is 4.79 Å². The fourth-order valence-corrected chi connectivity index (χ4v) is 5.32. The van der Waals surface area contributed by atoms with Gasteiger partial charge in [-0.15, -0.1) is 0 Å². The van der Waals surface area contributed by atoms with Crippen LogP contribution >= 0.6 is 0 Å². The lowest BCUT2D eigenvalue weighted by molar-refractivity contribution is -0.139. The van der Waals surface area contributed by atoms with E-state index in [2.05, 4.69) is 20.4 Å². The van der Waals surface area contributed by atoms with Crippen molar-refractivity contribution in [3.8, 4) is 5.75 Å². The van der Waals surface area contributed by atoms with Gasteiger partial charge >= 0.3 is 12.0 Å². The molecular weight excluding hydrogens is 432 g/mol. The van der Waals surface area contributed by atoms with Crippen LogP contribution < -0.4 is 15.4 Å². The summed E-state index contributed by atoms with van der Waals surface area (Å²) < 4.78 is 11.0. The predicted octanol–water partition coefficient (Wildman–Crippen LogP) is 3.21. The molecule has 8 nitrogen and oxygen atoms in total. The number of hydrogen-bond acceptors (Lipinski definition) is 6. The SMILES string of the molecule is CCOC(=O)C1=C(CN2CCC(N3CCCCC3)CC2)NC(=O)N[C@H]1c1ccc(OCC)cc1. The van der Waals surface area contributed by atoms with Gasteiger partial charge in [0.1, 0.15) is 5.75 Å². The Bertz CT molecular complexity index is 871. The highest BCUT2D eigenvalue weighted by atomic mass is 16.5. The number of amides is 2. The lowest BCUT2D eigenvalue weighted by Crippen LogP contribution is -2.51. The molecule has 2 amide bonds. The third-order valence-corrected chi connectivity index (χ3v) is 7.02. The van der Waals surface area contributed by atoms with Gasteiger partial charge in [0.2, 0.25) is 0 Å². The Morgan fingerprint density at radius 1 is 1.00 bits per heavy atom. The van der Waals surface area contributed by atoms with Gasteiger partial charge in [-0.2, -0.15) is 0 Å². The van der Waals surface area contributed by atoms with Crippen molar-refractivity contribution in [1.29, 1.82) is 0 Å². The molecule has 1 aromatic carbocycles. The van der Waals surface area contributed by atoms with E-state index in [0.29, 0.717) is 30.5 Å². The number of nitrogens with zero attached hydrogens (tertiary/aromatic N) is 2. The molecule has 3 heterocycles. The molecule has 0 spiro atoms. The zero-order valence-electron chi connectivity index (χ0n) is 20.5. The smallest absolute Gasteiger partial charge is 0.338 e. The maximum absolute atomic E-state index is 13.0. The standard InChI is InChI=1S/C26H38N4O4/c1-3-33-21-10-8-19(9-11-21)24-23(25(31)34-4-2)22(27-26(32)28-24)18-29-16-12-20(13-17-29)30-14-6-5-7-15-30/h8-11,20,24H,3-7,12-18H2,1-2H3,(H2,27,28,32)/t24-/m0/s1. The normalized spacial score (nSPS) is 22.8. The van der Waals surface area contributed by atoms with Gasteiger partial charge in [-0.25, -0.2) is 9.59 Å². The van der Waals surface area contributed by atoms with Crippen LogP contribution in [-0.4, -0.2) is 73.8 Å². The number of carbonyl (C=O) groups excluding carboxylic acids is 2. The number of likely N-dealkylation sites (tertiary alicyclic amines) is 2. The van der Waals surface area contributed by atoms with Gasteiger partial charge in [0, 0.05) is 31.4 Å². The second kappa shape index (κ2) is 11.7. The summed E-state index contributed by atoms with van der Waals surface area (Å²) in [6, 6.07) is 7.29. The van der Waals surface area contributed by atoms with Gasteiger partial charge in [-0.3, -0.25) is 4.90 Å². The zero-order chi connectivity index (χ0) is 23.9. The number of urea groups is 1. The number of benzene rings is 1. The van der Waals surface area contributed by atoms with Gasteiger partial charge in [-0.1, -0.05) is 18.6 Å². The molecule has 186 valence electrons. The number of carbonyl (C=O) groups is 2. The van der Waals surface area contributed by atoms with Crippen LogP contribution in [0.3, 0.4) is 0 Å². The Balaban J connectivity index is 1.51. The Kier molecular flexibility index (Phi) is 8.45. The van der Waals surface area contributed by atoms with Crippen LogP contribution in [0.2, 0.25) is 0 Å². The molecule has 2 N–H and O–H groups in total. The first kappa shape index (κ1) is 24.5. The Labute approximate surface area is 202 Å². The van der Waals surface area contributed by atoms with Crippen molar-refractivity contribution in [1.82, 2.24) is 20.4 Å². The van der Waals surface area contributed by atoms with Crippen molar-refractivity contribution >= 4 is 12.0 Å². The van der Waals surface area contributed by atoms with Gasteiger partial charge in [0.05, 0.1) is 24.8 Å². The molecular formula is C26H38N4O4. The summed E-state index contributed by atoms with van der Waals surface area (Å²) in [7, 11) is 0. The molecule has 0 saturated carbocycles. The molecule has 2 saturated heterocycles. The molecule has 4 rings (SSSR count). The molecule has 3 aliphatic rings. The monoisotopic (exact) mass is 470 g/mol. The van der Waals surface area contributed by atoms with Crippen LogP contribution in [0.15, 0.2) is 35.5 Å². The summed E-state index contributed by atoms with van der Waals surface area (Å²) in [6.07, 6.45) is 6.21. The molecule has 8 heteroatoms. The molecule has 34 heavy (non-hydrogen) atoms. The molecule has 0 aromatic heterocycles. The first-order valence-corrected chi connectivity index (χ1v) is 12.8. The van der Waals surface area contributed by atoms with Crippen molar-refractivity contribution in [3.63, 3.8) is 0 Å². The summed E-state index contributed by atoms with van der Waals surface area (Å²) >= 11 is 0. The van der Waals surface area contributed by atoms with Crippen LogP contribution in [0.25, 0.3) is 0 Å². The van der Waals surface area contributed by atoms with E-state index < -0.39 is 12.0 Å². The third-order valence-electron chi connectivity index (χ3n) is 7.02. The number of hydrogen-bond donors (Lipinski definition) is 2. The van der Waals surface area contributed by atoms with Crippen LogP contribution in [-0.2, 0) is 9.53 Å². The van der Waals surface area contributed by atoms with E-state index in [4.69, 9.17) is 9.47 Å². The number of rotatable bonds is 8. The molecule has 1 aromatic rings. The molecule has 2 fully saturated rings. The highest BCUT2D eigenvalue weighted by Gasteiger charge is 2.35. The molecule has 0 bridgehead atoms. The summed E-state index contributed by atoms with van der Waals surface area (Å²) in [5.74, 6) is 0.358. The third kappa shape index (κ3) is 5.91. The van der Waals surface area contributed by atoms with E-state index in [1.54, 1.807) is 6.92 Å². The first-order valence-electron chi connectivity index (χ1n) is 12.8. The Morgan fingerprint density at radius 2 is 1.71 bits per heavy atom. The largest absolute Gasteiger partial charge is 0.494 e. The van der Waals surface area contributed by atoms with Crippen LogP contribution in [0.1, 0.15) is 57.6 Å². The highest BCUT2D eigenvalue weighted by molar-refractivity contribution is 5.95. The van der Waals surface area contributed by atoms with E-state index in [-0.39, 0.29) is 12.6 Å². The van der Waals surface area contributed by atoms with Crippen LogP contribution in [0.5, 0.6) is 5.75 Å². The highest BCUT2D eigenvalue weighted by Crippen LogP contribution is 2.30. The average Bonchev–Trinajstić information content (AvgIpc) is 2.85. The van der Waals surface area contributed by atoms with Crippen molar-refractivity contribution < 1.29 is 19.1 Å². The van der Waals surface area contributed by atoms with E-state index >= 15 is 0 Å². The van der Waals surface area contributed by atoms with Gasteiger partial charge in [0.25, 0.3) is 0 Å². The second-order valence-electron chi connectivity index (χ2n) is 9.25. The Morgan fingerprint density at radius 3 is 2.35 bits per heavy atom. The van der Waals surface area contributed by atoms with Crippen molar-refractivity contribution in [2.45, 2.75) is 58.0 Å². The topological polar surface area (TPSA) is 83.1 Å². The summed E-state index contributed by atoms with van der Waals surface area (Å²) in [5.41, 5.74) is 1.93. The molecule has 0 radical (unpaired) electrons. The van der Waals surface area contributed by atoms with E-state index in [1.807, 2.05) is 31.2 Å². The maximum Gasteiger partial charge on any atom is 0.338 e. The van der Waals surface area contributed by atoms with E-state index in [0.717, 1.165) is 37.2 Å². The number of piperidine rings is 2. The zero-order valence-corrected chi connectivity index (χ0v) is 20.5. The minimum atomic E-state index is -0.565. The molecule has 1 atom stereocenters. The van der Waals surface area contributed by atoms with Gasteiger partial charge in [-0.05, 0) is 70.3 Å². The van der Waals surface area contributed by atoms with E-state index in [9.17, 15) is 9.59 Å². The Hall–Kier alpha value is -2.58. The van der Waals surface area contributed by atoms with Gasteiger partial charge in [0.15, 0.2) is 0 Å². The van der Waals surface area contributed by atoms with Crippen molar-refractivity contribution in [2.24, 2.45) is 0 Å². The molecule has 0 unspecified atom stereocenters. The first-order chi connectivity index (χ1) is 16.6. The predicted molar refractivity (Wildman–Crippen MR) is 131 cm³/mol. The molecule has 3 aliphatic heterocycles. The van der Waals surface area contributed by atoms with E-state index in [1.165, 1.54) is 32.4 Å². The number of nitrogens with one attached hydrogen (secondary N) is 2. The van der Waals surface area contributed by atoms with Crippen molar-refractivity contribution in [2.75, 3.05) is 45.9 Å². The minimum Gasteiger partial charge on any atom is -0.494 e. The maximum atomic E-state index is 13.0. The fraction of sp³-hybridized carbons (Fsp3) is 0.615. The number of ether oxygens (including phenoxy) is 2. The quantitative estimate of drug-likeness (QED) is 0.568. The van der Waals surface area contributed by atoms with Crippen LogP contribution in [0, 0.1) is 0 Å². The van der Waals surface area contributed by atoms with Gasteiger partial charge < -0.3 is 25.0 Å². The summed E-state index contributed by atoms with van der Waals surface area (Å²) in [6.45, 7) is 9.46. The summed E-state index contributed by atoms with van der Waals surface area (Å²) in [4.78, 5) is 30.6. The fourth-order valence-electron chi connectivity index (χ4n) is 5.32. The second-order valence-corrected chi connectivity index (χ2v) is 9.25. The summed E-state index contributed by atoms with van der Waals surface area (Å²) in [5, 5.41) is 5.83. The van der Waals surface area contributed by atoms with Crippen molar-refractivity contribution in [3.05, 3.63) is 41.1 Å². The minimum absolute atomic E-state index is 0.279. The average molecular weight is 471 g/mol. The lowest BCUT2D eigenvalue weighted by Gasteiger charge is -2.41.